The molecule has 0 aliphatic heterocycles. The number of benzene rings is 3. The molecule has 0 saturated carbocycles. The summed E-state index contributed by atoms with van der Waals surface area (Å²) in [6.45, 7) is 0. The van der Waals surface area contributed by atoms with Crippen LogP contribution >= 0.6 is 0 Å². The van der Waals surface area contributed by atoms with Crippen LogP contribution in [0.3, 0.4) is 0 Å². The summed E-state index contributed by atoms with van der Waals surface area (Å²) in [6.07, 6.45) is 0.508. The Bertz CT molecular complexity index is 1260. The van der Waals surface area contributed by atoms with Crippen molar-refractivity contribution in [2.75, 3.05) is 14.2 Å². The van der Waals surface area contributed by atoms with Crippen molar-refractivity contribution in [1.82, 2.24) is 9.97 Å². The molecule has 0 unspecified atom stereocenters. The molecule has 0 atom stereocenters. The zero-order valence-corrected chi connectivity index (χ0v) is 16.6. The molecule has 0 aliphatic rings. The number of aromatic amines is 1. The first-order chi connectivity index (χ1) is 14.6. The largest absolute Gasteiger partial charge is 0.497 e. The third-order valence-electron chi connectivity index (χ3n) is 4.91. The maximum Gasteiger partial charge on any atom is 0.337 e. The Balaban J connectivity index is 1.88. The Labute approximate surface area is 173 Å². The van der Waals surface area contributed by atoms with Gasteiger partial charge in [0.15, 0.2) is 0 Å². The van der Waals surface area contributed by atoms with E-state index in [2.05, 4.69) is 9.97 Å². The molecule has 1 aromatic heterocycles. The van der Waals surface area contributed by atoms with E-state index in [1.807, 2.05) is 54.6 Å². The lowest BCUT2D eigenvalue weighted by molar-refractivity contribution is 0.0601. The van der Waals surface area contributed by atoms with E-state index in [-0.39, 0.29) is 5.56 Å². The Morgan fingerprint density at radius 1 is 1.00 bits per heavy atom. The number of hydrogen-bond acceptors (Lipinski definition) is 5. The Morgan fingerprint density at radius 3 is 2.40 bits per heavy atom. The summed E-state index contributed by atoms with van der Waals surface area (Å²) in [6, 6.07) is 20.2. The number of rotatable bonds is 5. The molecule has 1 heterocycles. The summed E-state index contributed by atoms with van der Waals surface area (Å²) in [5.74, 6) is 0.302. The molecule has 0 spiro atoms. The van der Waals surface area contributed by atoms with Crippen LogP contribution in [0.2, 0.25) is 0 Å². The van der Waals surface area contributed by atoms with Crippen molar-refractivity contribution in [2.45, 2.75) is 6.42 Å². The van der Waals surface area contributed by atoms with Gasteiger partial charge < -0.3 is 14.5 Å². The molecule has 0 fully saturated rings. The molecule has 0 aliphatic carbocycles. The highest BCUT2D eigenvalue weighted by molar-refractivity contribution is 5.95. The van der Waals surface area contributed by atoms with Gasteiger partial charge in [0, 0.05) is 5.56 Å². The van der Waals surface area contributed by atoms with Gasteiger partial charge >= 0.3 is 5.97 Å². The van der Waals surface area contributed by atoms with Crippen molar-refractivity contribution >= 4 is 17.0 Å². The van der Waals surface area contributed by atoms with Gasteiger partial charge in [0.05, 0.1) is 30.8 Å². The van der Waals surface area contributed by atoms with Crippen molar-refractivity contribution in [2.24, 2.45) is 0 Å². The maximum absolute atomic E-state index is 12.8. The highest BCUT2D eigenvalue weighted by atomic mass is 16.5. The average molecular weight is 400 g/mol. The fourth-order valence-corrected chi connectivity index (χ4v) is 3.39. The number of aromatic nitrogens is 2. The Hall–Kier alpha value is -3.93. The number of hydrogen-bond donors (Lipinski definition) is 1. The minimum Gasteiger partial charge on any atom is -0.497 e. The molecule has 0 amide bonds. The zero-order valence-electron chi connectivity index (χ0n) is 16.6. The van der Waals surface area contributed by atoms with E-state index in [1.165, 1.54) is 7.11 Å². The number of fused-ring (bicyclic) bond motifs is 1. The molecular weight excluding hydrogens is 380 g/mol. The molecule has 1 N–H and O–H groups in total. The highest BCUT2D eigenvalue weighted by Gasteiger charge is 2.15. The van der Waals surface area contributed by atoms with Gasteiger partial charge in [-0.3, -0.25) is 4.79 Å². The van der Waals surface area contributed by atoms with E-state index < -0.39 is 5.97 Å². The van der Waals surface area contributed by atoms with E-state index in [9.17, 15) is 9.59 Å². The van der Waals surface area contributed by atoms with Crippen LogP contribution in [0.4, 0.5) is 0 Å². The SMILES string of the molecule is COC(=O)c1cc(Cc2ccc(OC)cc2)c2[nH]c(=O)c(-c3ccccc3)nc2c1. The molecule has 0 radical (unpaired) electrons. The molecule has 150 valence electrons. The van der Waals surface area contributed by atoms with Crippen molar-refractivity contribution in [3.05, 3.63) is 93.8 Å². The number of nitrogens with one attached hydrogen (secondary N) is 1. The highest BCUT2D eigenvalue weighted by Crippen LogP contribution is 2.24. The van der Waals surface area contributed by atoms with E-state index >= 15 is 0 Å². The van der Waals surface area contributed by atoms with E-state index in [0.717, 1.165) is 16.9 Å². The Morgan fingerprint density at radius 2 is 1.73 bits per heavy atom. The summed E-state index contributed by atoms with van der Waals surface area (Å²) in [5.41, 5.74) is 4.03. The summed E-state index contributed by atoms with van der Waals surface area (Å²) in [5, 5.41) is 0. The second-order valence-corrected chi connectivity index (χ2v) is 6.83. The molecule has 6 nitrogen and oxygen atoms in total. The molecule has 4 rings (SSSR count). The van der Waals surface area contributed by atoms with Crippen molar-refractivity contribution in [1.29, 1.82) is 0 Å². The van der Waals surface area contributed by atoms with Gasteiger partial charge in [-0.2, -0.15) is 0 Å². The summed E-state index contributed by atoms with van der Waals surface area (Å²) in [7, 11) is 2.95. The quantitative estimate of drug-likeness (QED) is 0.513. The van der Waals surface area contributed by atoms with Gasteiger partial charge in [0.2, 0.25) is 0 Å². The van der Waals surface area contributed by atoms with Gasteiger partial charge in [0.1, 0.15) is 11.4 Å². The van der Waals surface area contributed by atoms with E-state index in [1.54, 1.807) is 19.2 Å². The third-order valence-corrected chi connectivity index (χ3v) is 4.91. The second-order valence-electron chi connectivity index (χ2n) is 6.83. The number of esters is 1. The average Bonchev–Trinajstić information content (AvgIpc) is 2.79. The van der Waals surface area contributed by atoms with Gasteiger partial charge in [-0.05, 0) is 41.8 Å². The first-order valence-electron chi connectivity index (χ1n) is 9.42. The van der Waals surface area contributed by atoms with Gasteiger partial charge in [-0.15, -0.1) is 0 Å². The van der Waals surface area contributed by atoms with Crippen LogP contribution in [0, 0.1) is 0 Å². The molecule has 6 heteroatoms. The Kier molecular flexibility index (Phi) is 5.30. The van der Waals surface area contributed by atoms with Crippen molar-refractivity contribution < 1.29 is 14.3 Å². The number of carbonyl (C=O) groups is 1. The van der Waals surface area contributed by atoms with Crippen LogP contribution < -0.4 is 10.3 Å². The minimum atomic E-state index is -0.456. The first kappa shape index (κ1) is 19.4. The minimum absolute atomic E-state index is 0.282. The lowest BCUT2D eigenvalue weighted by atomic mass is 10.00. The predicted octanol–water partition coefficient (Wildman–Crippen LogP) is 3.98. The van der Waals surface area contributed by atoms with Crippen LogP contribution in [0.15, 0.2) is 71.5 Å². The van der Waals surface area contributed by atoms with Gasteiger partial charge in [0.25, 0.3) is 5.56 Å². The number of carbonyl (C=O) groups excluding carboxylic acids is 1. The van der Waals surface area contributed by atoms with Crippen molar-refractivity contribution in [3.63, 3.8) is 0 Å². The smallest absolute Gasteiger partial charge is 0.337 e. The second kappa shape index (κ2) is 8.21. The fraction of sp³-hybridized carbons (Fsp3) is 0.125. The van der Waals surface area contributed by atoms with Crippen LogP contribution in [0.5, 0.6) is 5.75 Å². The maximum atomic E-state index is 12.8. The predicted molar refractivity (Wildman–Crippen MR) is 115 cm³/mol. The van der Waals surface area contributed by atoms with E-state index in [0.29, 0.717) is 34.3 Å². The summed E-state index contributed by atoms with van der Waals surface area (Å²) < 4.78 is 10.1. The number of ether oxygens (including phenoxy) is 2. The first-order valence-corrected chi connectivity index (χ1v) is 9.42. The molecule has 4 aromatic rings. The topological polar surface area (TPSA) is 81.3 Å². The third kappa shape index (κ3) is 3.80. The van der Waals surface area contributed by atoms with Crippen molar-refractivity contribution in [3.8, 4) is 17.0 Å². The lowest BCUT2D eigenvalue weighted by Crippen LogP contribution is -2.14. The van der Waals surface area contributed by atoms with Crippen LogP contribution in [0.1, 0.15) is 21.5 Å². The molecule has 30 heavy (non-hydrogen) atoms. The van der Waals surface area contributed by atoms with Crippen LogP contribution in [0.25, 0.3) is 22.3 Å². The number of methoxy groups -OCH3 is 2. The van der Waals surface area contributed by atoms with E-state index in [4.69, 9.17) is 9.47 Å². The van der Waals surface area contributed by atoms with Crippen LogP contribution in [-0.4, -0.2) is 30.2 Å². The molecule has 3 aromatic carbocycles. The summed E-state index contributed by atoms with van der Waals surface area (Å²) >= 11 is 0. The number of nitrogens with zero attached hydrogens (tertiary/aromatic N) is 1. The normalized spacial score (nSPS) is 10.7. The lowest BCUT2D eigenvalue weighted by Gasteiger charge is -2.11. The summed E-state index contributed by atoms with van der Waals surface area (Å²) in [4.78, 5) is 32.5. The van der Waals surface area contributed by atoms with Gasteiger partial charge in [-0.25, -0.2) is 9.78 Å². The zero-order chi connectivity index (χ0) is 21.1. The molecular formula is C24H20N2O4. The standard InChI is InChI=1S/C24H20N2O4/c1-29-19-10-8-15(9-11-19)12-17-13-18(24(28)30-2)14-20-21(17)26-23(27)22(25-20)16-6-4-3-5-7-16/h3-11,13-14H,12H2,1-2H3,(H,26,27). The van der Waals surface area contributed by atoms with Crippen LogP contribution in [-0.2, 0) is 11.2 Å². The van der Waals surface area contributed by atoms with Gasteiger partial charge in [-0.1, -0.05) is 42.5 Å². The molecule has 0 bridgehead atoms. The molecule has 0 saturated heterocycles. The number of H-pyrrole nitrogens is 1. The monoisotopic (exact) mass is 400 g/mol. The fourth-order valence-electron chi connectivity index (χ4n) is 3.39.